The van der Waals surface area contributed by atoms with Crippen LogP contribution in [0.15, 0.2) is 77.8 Å². The van der Waals surface area contributed by atoms with Crippen LogP contribution in [0.25, 0.3) is 0 Å². The van der Waals surface area contributed by atoms with Gasteiger partial charge in [0.25, 0.3) is 0 Å². The van der Waals surface area contributed by atoms with E-state index in [4.69, 9.17) is 23.7 Å². The van der Waals surface area contributed by atoms with Crippen molar-refractivity contribution >= 4 is 11.9 Å². The third-order valence-electron chi connectivity index (χ3n) is 7.02. The van der Waals surface area contributed by atoms with Gasteiger partial charge in [0.15, 0.2) is 23.6 Å². The second kappa shape index (κ2) is 12.8. The lowest BCUT2D eigenvalue weighted by atomic mass is 9.95. The zero-order valence-electron chi connectivity index (χ0n) is 23.1. The molecule has 4 atom stereocenters. The summed E-state index contributed by atoms with van der Waals surface area (Å²) in [4.78, 5) is 17.3. The van der Waals surface area contributed by atoms with Crippen molar-refractivity contribution in [3.05, 3.63) is 89.5 Å². The molecule has 0 amide bonds. The van der Waals surface area contributed by atoms with E-state index in [2.05, 4.69) is 4.99 Å². The van der Waals surface area contributed by atoms with Crippen LogP contribution in [0.1, 0.15) is 43.1 Å². The highest BCUT2D eigenvalue weighted by Gasteiger charge is 2.40. The molecule has 0 saturated carbocycles. The average molecular weight is 550 g/mol. The Morgan fingerprint density at radius 3 is 2.40 bits per heavy atom. The minimum absolute atomic E-state index is 0.289. The van der Waals surface area contributed by atoms with E-state index in [0.717, 1.165) is 5.56 Å². The van der Waals surface area contributed by atoms with Gasteiger partial charge >= 0.3 is 5.97 Å². The van der Waals surface area contributed by atoms with Gasteiger partial charge in [-0.15, -0.1) is 0 Å². The zero-order chi connectivity index (χ0) is 28.7. The van der Waals surface area contributed by atoms with Gasteiger partial charge in [0, 0.05) is 5.56 Å². The van der Waals surface area contributed by atoms with Crippen molar-refractivity contribution < 1.29 is 38.7 Å². The quantitative estimate of drug-likeness (QED) is 0.323. The molecule has 0 spiro atoms. The number of hydrogen-bond acceptors (Lipinski definition) is 9. The van der Waals surface area contributed by atoms with Crippen molar-refractivity contribution in [2.45, 2.75) is 50.7 Å². The first-order chi connectivity index (χ1) is 19.3. The molecule has 0 aliphatic carbocycles. The van der Waals surface area contributed by atoms with Crippen LogP contribution in [0.3, 0.4) is 0 Å². The van der Waals surface area contributed by atoms with Gasteiger partial charge in [0.2, 0.25) is 5.90 Å². The van der Waals surface area contributed by atoms with Crippen molar-refractivity contribution in [1.29, 1.82) is 0 Å². The summed E-state index contributed by atoms with van der Waals surface area (Å²) in [6, 6.07) is 21.1. The smallest absolute Gasteiger partial charge is 0.335 e. The number of methoxy groups -OCH3 is 2. The highest BCUT2D eigenvalue weighted by molar-refractivity contribution is 5.98. The normalized spacial score (nSPS) is 18.6. The van der Waals surface area contributed by atoms with E-state index in [9.17, 15) is 15.0 Å². The van der Waals surface area contributed by atoms with Crippen molar-refractivity contribution in [2.75, 3.05) is 20.8 Å². The maximum atomic E-state index is 12.7. The maximum absolute atomic E-state index is 12.7. The number of benzene rings is 3. The number of nitrogens with zero attached hydrogens (tertiary/aromatic N) is 1. The molecule has 40 heavy (non-hydrogen) atoms. The molecule has 0 saturated heterocycles. The number of rotatable bonds is 12. The highest BCUT2D eigenvalue weighted by atomic mass is 16.5. The molecule has 0 radical (unpaired) electrons. The Hall–Kier alpha value is -4.08. The van der Waals surface area contributed by atoms with E-state index in [0.29, 0.717) is 40.7 Å². The second-order valence-electron chi connectivity index (χ2n) is 9.62. The fraction of sp³-hybridized carbons (Fsp3) is 0.355. The molecule has 4 rings (SSSR count). The lowest BCUT2D eigenvalue weighted by molar-refractivity contribution is -0.143. The molecule has 1 heterocycles. The standard InChI is InChI=1S/C31H35NO8/c1-5-31(2,26(34)18-33)40-25-17-22(13-16-24(25)38-19-20-9-7-6-8-10-20)28-27(30(35)37-4)32-29(39-28)21-11-14-23(36-3)15-12-21/h6-17,26-28,33-34H,5,18-19H2,1-4H3/t26-,27-,28+,31+/m0/s1. The van der Waals surface area contributed by atoms with Gasteiger partial charge in [-0.05, 0) is 60.9 Å². The van der Waals surface area contributed by atoms with Crippen LogP contribution in [0.2, 0.25) is 0 Å². The number of ether oxygens (including phenoxy) is 5. The first kappa shape index (κ1) is 28.9. The fourth-order valence-corrected chi connectivity index (χ4v) is 4.29. The minimum atomic E-state index is -1.14. The lowest BCUT2D eigenvalue weighted by Crippen LogP contribution is -2.46. The molecule has 2 N–H and O–H groups in total. The Labute approximate surface area is 233 Å². The molecule has 0 bridgehead atoms. The Bertz CT molecular complexity index is 1310. The summed E-state index contributed by atoms with van der Waals surface area (Å²) >= 11 is 0. The van der Waals surface area contributed by atoms with E-state index >= 15 is 0 Å². The Balaban J connectivity index is 1.69. The predicted octanol–water partition coefficient (Wildman–Crippen LogP) is 4.23. The van der Waals surface area contributed by atoms with Crippen molar-refractivity contribution in [2.24, 2.45) is 4.99 Å². The number of aliphatic imine (C=N–C) groups is 1. The monoisotopic (exact) mass is 549 g/mol. The first-order valence-corrected chi connectivity index (χ1v) is 13.1. The number of carbonyl (C=O) groups is 1. The van der Waals surface area contributed by atoms with E-state index in [-0.39, 0.29) is 6.61 Å². The molecule has 1 aliphatic rings. The highest BCUT2D eigenvalue weighted by Crippen LogP contribution is 2.39. The summed E-state index contributed by atoms with van der Waals surface area (Å²) in [6.45, 7) is 3.39. The SMILES string of the molecule is CC[C@@](C)(Oc1cc([C@H]2OC(c3ccc(OC)cc3)=N[C@@H]2C(=O)OC)ccc1OCc1ccccc1)[C@@H](O)CO. The van der Waals surface area contributed by atoms with Crippen molar-refractivity contribution in [3.8, 4) is 17.2 Å². The van der Waals surface area contributed by atoms with Crippen LogP contribution in [0.5, 0.6) is 17.2 Å². The van der Waals surface area contributed by atoms with E-state index in [1.54, 1.807) is 56.5 Å². The minimum Gasteiger partial charge on any atom is -0.497 e. The lowest BCUT2D eigenvalue weighted by Gasteiger charge is -2.34. The molecule has 3 aromatic rings. The third kappa shape index (κ3) is 6.38. The molecule has 9 nitrogen and oxygen atoms in total. The molecular weight excluding hydrogens is 514 g/mol. The predicted molar refractivity (Wildman–Crippen MR) is 149 cm³/mol. The average Bonchev–Trinajstić information content (AvgIpc) is 3.45. The Morgan fingerprint density at radius 2 is 1.77 bits per heavy atom. The van der Waals surface area contributed by atoms with Crippen LogP contribution in [-0.4, -0.2) is 60.7 Å². The first-order valence-electron chi connectivity index (χ1n) is 13.1. The number of carbonyl (C=O) groups excluding carboxylic acids is 1. The number of hydrogen-bond donors (Lipinski definition) is 2. The summed E-state index contributed by atoms with van der Waals surface area (Å²) in [5.41, 5.74) is 1.14. The van der Waals surface area contributed by atoms with Crippen LogP contribution in [0, 0.1) is 0 Å². The van der Waals surface area contributed by atoms with Gasteiger partial charge in [0.1, 0.15) is 24.1 Å². The third-order valence-corrected chi connectivity index (χ3v) is 7.02. The molecule has 212 valence electrons. The summed E-state index contributed by atoms with van der Waals surface area (Å²) in [6.07, 6.45) is -1.53. The largest absolute Gasteiger partial charge is 0.497 e. The summed E-state index contributed by atoms with van der Waals surface area (Å²) in [5.74, 6) is 1.19. The summed E-state index contributed by atoms with van der Waals surface area (Å²) in [5, 5.41) is 20.2. The van der Waals surface area contributed by atoms with E-state index < -0.39 is 36.4 Å². The van der Waals surface area contributed by atoms with Crippen LogP contribution >= 0.6 is 0 Å². The fourth-order valence-electron chi connectivity index (χ4n) is 4.29. The zero-order valence-corrected chi connectivity index (χ0v) is 23.1. The molecule has 0 aromatic heterocycles. The molecule has 0 unspecified atom stereocenters. The van der Waals surface area contributed by atoms with E-state index in [1.807, 2.05) is 37.3 Å². The summed E-state index contributed by atoms with van der Waals surface area (Å²) < 4.78 is 28.9. The van der Waals surface area contributed by atoms with Crippen LogP contribution in [-0.2, 0) is 20.9 Å². The van der Waals surface area contributed by atoms with E-state index in [1.165, 1.54) is 7.11 Å². The number of aliphatic hydroxyl groups excluding tert-OH is 2. The van der Waals surface area contributed by atoms with Crippen molar-refractivity contribution in [1.82, 2.24) is 0 Å². The topological polar surface area (TPSA) is 116 Å². The molecule has 1 aliphatic heterocycles. The van der Waals surface area contributed by atoms with Crippen LogP contribution < -0.4 is 14.2 Å². The van der Waals surface area contributed by atoms with Gasteiger partial charge in [-0.2, -0.15) is 0 Å². The van der Waals surface area contributed by atoms with Crippen LogP contribution in [0.4, 0.5) is 0 Å². The second-order valence-corrected chi connectivity index (χ2v) is 9.62. The van der Waals surface area contributed by atoms with Gasteiger partial charge in [-0.3, -0.25) is 0 Å². The molecule has 3 aromatic carbocycles. The Morgan fingerprint density at radius 1 is 1.05 bits per heavy atom. The number of esters is 1. The van der Waals surface area contributed by atoms with Gasteiger partial charge in [-0.1, -0.05) is 43.3 Å². The molecular formula is C31H35NO8. The Kier molecular flexibility index (Phi) is 9.29. The van der Waals surface area contributed by atoms with Gasteiger partial charge < -0.3 is 33.9 Å². The number of aliphatic hydroxyl groups is 2. The summed E-state index contributed by atoms with van der Waals surface area (Å²) in [7, 11) is 2.89. The molecule has 9 heteroatoms. The van der Waals surface area contributed by atoms with Crippen molar-refractivity contribution in [3.63, 3.8) is 0 Å². The molecule has 0 fully saturated rings. The van der Waals surface area contributed by atoms with Gasteiger partial charge in [0.05, 0.1) is 20.8 Å². The maximum Gasteiger partial charge on any atom is 0.335 e. The van der Waals surface area contributed by atoms with Gasteiger partial charge in [-0.25, -0.2) is 9.79 Å².